The second-order valence-electron chi connectivity index (χ2n) is 4.61. The van der Waals surface area contributed by atoms with Gasteiger partial charge in [-0.2, -0.15) is 0 Å². The number of rotatable bonds is 0. The van der Waals surface area contributed by atoms with Gasteiger partial charge in [-0.25, -0.2) is 4.90 Å². The van der Waals surface area contributed by atoms with Crippen LogP contribution in [0.5, 0.6) is 0 Å². The van der Waals surface area contributed by atoms with Crippen molar-refractivity contribution in [3.05, 3.63) is 29.8 Å². The summed E-state index contributed by atoms with van der Waals surface area (Å²) in [7, 11) is 2.16. The molecule has 0 bridgehead atoms. The maximum atomic E-state index is 9.96. The number of nitrogens with zero attached hydrogens (tertiary/aromatic N) is 1. The Labute approximate surface area is 89.9 Å². The van der Waals surface area contributed by atoms with Crippen molar-refractivity contribution in [3.63, 3.8) is 0 Å². The molecule has 1 saturated heterocycles. The van der Waals surface area contributed by atoms with Crippen molar-refractivity contribution in [2.24, 2.45) is 0 Å². The lowest BCUT2D eigenvalue weighted by Crippen LogP contribution is -3.12. The molecule has 3 nitrogen and oxygen atoms in total. The summed E-state index contributed by atoms with van der Waals surface area (Å²) in [5.41, 5.74) is 2.75. The Kier molecular flexibility index (Phi) is 2.06. The van der Waals surface area contributed by atoms with Gasteiger partial charge in [0, 0.05) is 18.7 Å². The number of hydrogen-bond acceptors (Lipinski definition) is 2. The zero-order valence-corrected chi connectivity index (χ0v) is 8.98. The predicted octanol–water partition coefficient (Wildman–Crippen LogP) is -0.261. The summed E-state index contributed by atoms with van der Waals surface area (Å²) >= 11 is 0. The number of hydrogen-bond donors (Lipinski definition) is 2. The molecule has 2 N–H and O–H groups in total. The summed E-state index contributed by atoms with van der Waals surface area (Å²) in [5, 5.41) is 9.96. The third-order valence-electron chi connectivity index (χ3n) is 3.73. The van der Waals surface area contributed by atoms with Gasteiger partial charge in [-0.15, -0.1) is 0 Å². The van der Waals surface area contributed by atoms with Gasteiger partial charge in [0.15, 0.2) is 6.17 Å². The van der Waals surface area contributed by atoms with Crippen LogP contribution in [0.15, 0.2) is 24.3 Å². The van der Waals surface area contributed by atoms with Crippen LogP contribution in [0, 0.1) is 0 Å². The molecule has 2 heterocycles. The quantitative estimate of drug-likeness (QED) is 0.611. The first-order valence-electron chi connectivity index (χ1n) is 5.61. The van der Waals surface area contributed by atoms with Crippen molar-refractivity contribution >= 4 is 5.69 Å². The zero-order chi connectivity index (χ0) is 10.4. The highest BCUT2D eigenvalue weighted by atomic mass is 16.3. The van der Waals surface area contributed by atoms with Crippen molar-refractivity contribution in [3.8, 4) is 0 Å². The average Bonchev–Trinajstić information content (AvgIpc) is 2.61. The highest BCUT2D eigenvalue weighted by molar-refractivity contribution is 5.40. The number of aliphatic hydroxyl groups is 1. The van der Waals surface area contributed by atoms with E-state index in [-0.39, 0.29) is 12.3 Å². The van der Waals surface area contributed by atoms with Crippen LogP contribution in [-0.2, 0) is 6.54 Å². The molecule has 0 aromatic heterocycles. The third kappa shape index (κ3) is 1.31. The van der Waals surface area contributed by atoms with Crippen LogP contribution in [-0.4, -0.2) is 35.9 Å². The van der Waals surface area contributed by atoms with Crippen LogP contribution in [0.3, 0.4) is 0 Å². The summed E-state index contributed by atoms with van der Waals surface area (Å²) in [6.45, 7) is 2.02. The summed E-state index contributed by atoms with van der Waals surface area (Å²) < 4.78 is 0. The smallest absolute Gasteiger partial charge is 0.175 e. The van der Waals surface area contributed by atoms with Gasteiger partial charge < -0.3 is 5.11 Å². The Hall–Kier alpha value is -0.900. The van der Waals surface area contributed by atoms with Gasteiger partial charge in [0.2, 0.25) is 0 Å². The Balaban J connectivity index is 2.03. The highest BCUT2D eigenvalue weighted by Gasteiger charge is 2.43. The minimum Gasteiger partial charge on any atom is -0.385 e. The van der Waals surface area contributed by atoms with Crippen molar-refractivity contribution in [1.82, 2.24) is 4.90 Å². The van der Waals surface area contributed by atoms with Crippen LogP contribution in [0.2, 0.25) is 0 Å². The second-order valence-corrected chi connectivity index (χ2v) is 4.61. The SMILES string of the molecule is C[NH+]1c2ccccc2CN2CC[C@@H](O)C21. The standard InChI is InChI=1S/C12H16N2O/c1-13-10-5-3-2-4-9(10)8-14-7-6-11(15)12(13)14/h2-5,11-12,15H,6-8H2,1H3/p+1/t11-,12?/m1/s1. The molecule has 3 atom stereocenters. The topological polar surface area (TPSA) is 27.9 Å². The lowest BCUT2D eigenvalue weighted by atomic mass is 10.1. The van der Waals surface area contributed by atoms with E-state index in [4.69, 9.17) is 0 Å². The number of aliphatic hydroxyl groups excluding tert-OH is 1. The predicted molar refractivity (Wildman–Crippen MR) is 57.8 cm³/mol. The van der Waals surface area contributed by atoms with Gasteiger partial charge in [0.1, 0.15) is 11.8 Å². The molecule has 80 valence electrons. The Morgan fingerprint density at radius 1 is 1.40 bits per heavy atom. The molecular formula is C12H17N2O+. The molecule has 1 aromatic rings. The fraction of sp³-hybridized carbons (Fsp3) is 0.500. The van der Waals surface area contributed by atoms with E-state index in [2.05, 4.69) is 36.2 Å². The molecule has 0 saturated carbocycles. The zero-order valence-electron chi connectivity index (χ0n) is 8.98. The summed E-state index contributed by atoms with van der Waals surface area (Å²) in [4.78, 5) is 3.73. The van der Waals surface area contributed by atoms with Crippen LogP contribution in [0.1, 0.15) is 12.0 Å². The van der Waals surface area contributed by atoms with Crippen LogP contribution in [0.25, 0.3) is 0 Å². The Morgan fingerprint density at radius 3 is 3.07 bits per heavy atom. The lowest BCUT2D eigenvalue weighted by molar-refractivity contribution is -0.860. The fourth-order valence-electron chi connectivity index (χ4n) is 3.00. The number of likely N-dealkylation sites (N-methyl/N-ethyl adjacent to an activating group) is 1. The fourth-order valence-corrected chi connectivity index (χ4v) is 3.00. The Morgan fingerprint density at radius 2 is 2.20 bits per heavy atom. The van der Waals surface area contributed by atoms with E-state index in [9.17, 15) is 5.11 Å². The third-order valence-corrected chi connectivity index (χ3v) is 3.73. The van der Waals surface area contributed by atoms with E-state index in [0.29, 0.717) is 0 Å². The number of benzene rings is 1. The maximum Gasteiger partial charge on any atom is 0.175 e. The minimum atomic E-state index is -0.168. The lowest BCUT2D eigenvalue weighted by Gasteiger charge is -2.36. The number of para-hydroxylation sites is 1. The minimum absolute atomic E-state index is 0.168. The van der Waals surface area contributed by atoms with E-state index in [1.807, 2.05) is 0 Å². The number of quaternary nitrogens is 1. The first-order chi connectivity index (χ1) is 7.27. The van der Waals surface area contributed by atoms with Gasteiger partial charge >= 0.3 is 0 Å². The van der Waals surface area contributed by atoms with Crippen molar-refractivity contribution < 1.29 is 10.0 Å². The first-order valence-corrected chi connectivity index (χ1v) is 5.61. The Bertz CT molecular complexity index is 380. The average molecular weight is 205 g/mol. The molecule has 1 fully saturated rings. The summed E-state index contributed by atoms with van der Waals surface area (Å²) in [6, 6.07) is 8.55. The van der Waals surface area contributed by atoms with Crippen LogP contribution in [0.4, 0.5) is 5.69 Å². The molecule has 2 unspecified atom stereocenters. The molecule has 0 radical (unpaired) electrons. The molecule has 15 heavy (non-hydrogen) atoms. The van der Waals surface area contributed by atoms with Gasteiger partial charge in [-0.05, 0) is 12.5 Å². The van der Waals surface area contributed by atoms with E-state index < -0.39 is 0 Å². The molecule has 3 heteroatoms. The first kappa shape index (κ1) is 9.33. The van der Waals surface area contributed by atoms with E-state index in [1.54, 1.807) is 0 Å². The summed E-state index contributed by atoms with van der Waals surface area (Å²) in [5.74, 6) is 0. The molecular weight excluding hydrogens is 188 g/mol. The highest BCUT2D eigenvalue weighted by Crippen LogP contribution is 2.25. The van der Waals surface area contributed by atoms with Crippen molar-refractivity contribution in [2.45, 2.75) is 25.2 Å². The van der Waals surface area contributed by atoms with E-state index >= 15 is 0 Å². The number of nitrogens with one attached hydrogen (secondary N) is 1. The molecule has 0 amide bonds. The van der Waals surface area contributed by atoms with Crippen molar-refractivity contribution in [2.75, 3.05) is 13.6 Å². The van der Waals surface area contributed by atoms with E-state index in [0.717, 1.165) is 19.5 Å². The molecule has 1 aromatic carbocycles. The molecule has 2 aliphatic heterocycles. The molecule has 2 aliphatic rings. The normalized spacial score (nSPS) is 34.9. The molecule has 0 aliphatic carbocycles. The monoisotopic (exact) mass is 205 g/mol. The van der Waals surface area contributed by atoms with Gasteiger partial charge in [0.25, 0.3) is 0 Å². The van der Waals surface area contributed by atoms with Gasteiger partial charge in [0.05, 0.1) is 7.05 Å². The molecule has 0 spiro atoms. The van der Waals surface area contributed by atoms with Gasteiger partial charge in [-0.3, -0.25) is 4.90 Å². The second kappa shape index (κ2) is 3.30. The van der Waals surface area contributed by atoms with Gasteiger partial charge in [-0.1, -0.05) is 18.2 Å². The van der Waals surface area contributed by atoms with E-state index in [1.165, 1.54) is 16.2 Å². The van der Waals surface area contributed by atoms with Crippen LogP contribution < -0.4 is 4.90 Å². The van der Waals surface area contributed by atoms with Crippen LogP contribution >= 0.6 is 0 Å². The van der Waals surface area contributed by atoms with Crippen molar-refractivity contribution in [1.29, 1.82) is 0 Å². The summed E-state index contributed by atoms with van der Waals surface area (Å²) in [6.07, 6.45) is 1.01. The number of fused-ring (bicyclic) bond motifs is 2. The maximum absolute atomic E-state index is 9.96. The molecule has 3 rings (SSSR count). The largest absolute Gasteiger partial charge is 0.385 e.